The summed E-state index contributed by atoms with van der Waals surface area (Å²) in [5.74, 6) is 1.58. The number of carbonyl (C=O) groups is 1. The fraction of sp³-hybridized carbons (Fsp3) is 0.333. The molecule has 7 nitrogen and oxygen atoms in total. The molecule has 0 bridgehead atoms. The molecule has 0 unspecified atom stereocenters. The monoisotopic (exact) mass is 421 g/mol. The van der Waals surface area contributed by atoms with Crippen LogP contribution in [0.4, 0.5) is 11.4 Å². The predicted octanol–water partition coefficient (Wildman–Crippen LogP) is 4.73. The number of amides is 1. The number of benzene rings is 2. The van der Waals surface area contributed by atoms with Crippen LogP contribution in [-0.2, 0) is 6.61 Å². The van der Waals surface area contributed by atoms with Crippen LogP contribution in [0.3, 0.4) is 0 Å². The normalized spacial score (nSPS) is 13.3. The number of aromatic nitrogens is 1. The summed E-state index contributed by atoms with van der Waals surface area (Å²) in [6.07, 6.45) is 2.35. The van der Waals surface area contributed by atoms with Crippen molar-refractivity contribution in [2.75, 3.05) is 30.4 Å². The number of ether oxygens (including phenoxy) is 2. The van der Waals surface area contributed by atoms with E-state index in [4.69, 9.17) is 14.0 Å². The van der Waals surface area contributed by atoms with Crippen molar-refractivity contribution in [2.45, 2.75) is 33.3 Å². The van der Waals surface area contributed by atoms with Crippen LogP contribution in [0.1, 0.15) is 40.2 Å². The van der Waals surface area contributed by atoms with E-state index >= 15 is 0 Å². The first kappa shape index (κ1) is 20.8. The van der Waals surface area contributed by atoms with Gasteiger partial charge in [0.05, 0.1) is 29.7 Å². The Morgan fingerprint density at radius 2 is 1.90 bits per heavy atom. The first-order chi connectivity index (χ1) is 15.1. The lowest BCUT2D eigenvalue weighted by Crippen LogP contribution is -2.21. The number of para-hydroxylation sites is 2. The van der Waals surface area contributed by atoms with Gasteiger partial charge in [0.1, 0.15) is 12.4 Å². The molecule has 0 aliphatic carbocycles. The lowest BCUT2D eigenvalue weighted by atomic mass is 10.1. The molecule has 1 aliphatic rings. The summed E-state index contributed by atoms with van der Waals surface area (Å²) in [5.41, 5.74) is 4.07. The molecule has 1 saturated heterocycles. The Morgan fingerprint density at radius 3 is 2.61 bits per heavy atom. The van der Waals surface area contributed by atoms with Gasteiger partial charge in [-0.2, -0.15) is 0 Å². The molecule has 1 fully saturated rings. The third-order valence-electron chi connectivity index (χ3n) is 5.58. The largest absolute Gasteiger partial charge is 0.493 e. The van der Waals surface area contributed by atoms with Crippen LogP contribution in [-0.4, -0.2) is 31.3 Å². The number of rotatable bonds is 7. The molecule has 3 aromatic rings. The van der Waals surface area contributed by atoms with E-state index in [9.17, 15) is 4.79 Å². The lowest BCUT2D eigenvalue weighted by molar-refractivity contribution is 0.102. The van der Waals surface area contributed by atoms with Crippen LogP contribution in [0, 0.1) is 13.8 Å². The molecular formula is C24H27N3O4. The van der Waals surface area contributed by atoms with Crippen molar-refractivity contribution in [3.05, 3.63) is 65.0 Å². The second-order valence-corrected chi connectivity index (χ2v) is 7.62. The molecule has 0 saturated carbocycles. The molecule has 7 heteroatoms. The highest BCUT2D eigenvalue weighted by Gasteiger charge is 2.18. The summed E-state index contributed by atoms with van der Waals surface area (Å²) in [5, 5.41) is 6.99. The minimum Gasteiger partial charge on any atom is -0.493 e. The number of anilines is 2. The van der Waals surface area contributed by atoms with E-state index in [1.54, 1.807) is 25.3 Å². The molecule has 2 aromatic carbocycles. The van der Waals surface area contributed by atoms with Crippen LogP contribution in [0.25, 0.3) is 0 Å². The highest BCUT2D eigenvalue weighted by molar-refractivity contribution is 6.06. The van der Waals surface area contributed by atoms with Crippen LogP contribution in [0.15, 0.2) is 47.0 Å². The Bertz CT molecular complexity index is 1050. The van der Waals surface area contributed by atoms with Gasteiger partial charge in [-0.3, -0.25) is 4.79 Å². The molecule has 31 heavy (non-hydrogen) atoms. The Kier molecular flexibility index (Phi) is 6.11. The van der Waals surface area contributed by atoms with E-state index < -0.39 is 0 Å². The topological polar surface area (TPSA) is 76.8 Å². The number of hydrogen-bond donors (Lipinski definition) is 1. The fourth-order valence-electron chi connectivity index (χ4n) is 3.79. The van der Waals surface area contributed by atoms with E-state index in [0.29, 0.717) is 23.7 Å². The highest BCUT2D eigenvalue weighted by Crippen LogP contribution is 2.32. The maximum atomic E-state index is 12.9. The van der Waals surface area contributed by atoms with Crippen LogP contribution < -0.4 is 19.7 Å². The molecule has 1 amide bonds. The minimum absolute atomic E-state index is 0.192. The van der Waals surface area contributed by atoms with Crippen molar-refractivity contribution >= 4 is 17.3 Å². The number of nitrogens with zero attached hydrogens (tertiary/aromatic N) is 2. The van der Waals surface area contributed by atoms with Crippen LogP contribution in [0.2, 0.25) is 0 Å². The second-order valence-electron chi connectivity index (χ2n) is 7.62. The van der Waals surface area contributed by atoms with E-state index in [1.807, 2.05) is 38.1 Å². The molecule has 4 rings (SSSR count). The molecule has 1 N–H and O–H groups in total. The summed E-state index contributed by atoms with van der Waals surface area (Å²) in [6.45, 7) is 6.06. The third-order valence-corrected chi connectivity index (χ3v) is 5.58. The highest BCUT2D eigenvalue weighted by atomic mass is 16.5. The number of nitrogens with one attached hydrogen (secondary N) is 1. The molecule has 0 spiro atoms. The smallest absolute Gasteiger partial charge is 0.255 e. The standard InChI is InChI=1S/C24H27N3O4/c1-16-19(17(2)31-26-16)15-30-22-11-10-18(14-23(22)29-3)24(28)25-20-8-4-5-9-21(20)27-12-6-7-13-27/h4-5,8-11,14H,6-7,12-13,15H2,1-3H3,(H,25,28). The molecule has 1 aromatic heterocycles. The number of hydrogen-bond acceptors (Lipinski definition) is 6. The number of carbonyl (C=O) groups excluding carboxylic acids is 1. The summed E-state index contributed by atoms with van der Waals surface area (Å²) in [6, 6.07) is 13.1. The van der Waals surface area contributed by atoms with Gasteiger partial charge >= 0.3 is 0 Å². The van der Waals surface area contributed by atoms with Crippen molar-refractivity contribution < 1.29 is 18.8 Å². The Balaban J connectivity index is 1.49. The van der Waals surface area contributed by atoms with Gasteiger partial charge in [-0.1, -0.05) is 17.3 Å². The molecular weight excluding hydrogens is 394 g/mol. The van der Waals surface area contributed by atoms with Gasteiger partial charge in [0.2, 0.25) is 0 Å². The molecule has 162 valence electrons. The van der Waals surface area contributed by atoms with E-state index in [0.717, 1.165) is 41.5 Å². The summed E-state index contributed by atoms with van der Waals surface area (Å²) in [7, 11) is 1.56. The SMILES string of the molecule is COc1cc(C(=O)Nc2ccccc2N2CCCC2)ccc1OCc1c(C)noc1C. The van der Waals surface area contributed by atoms with Gasteiger partial charge in [-0.05, 0) is 57.0 Å². The van der Waals surface area contributed by atoms with Crippen LogP contribution >= 0.6 is 0 Å². The van der Waals surface area contributed by atoms with Crippen LogP contribution in [0.5, 0.6) is 11.5 Å². The van der Waals surface area contributed by atoms with Crippen molar-refractivity contribution in [1.29, 1.82) is 0 Å². The van der Waals surface area contributed by atoms with Crippen molar-refractivity contribution in [1.82, 2.24) is 5.16 Å². The third kappa shape index (κ3) is 4.50. The van der Waals surface area contributed by atoms with Crippen molar-refractivity contribution in [3.8, 4) is 11.5 Å². The molecule has 0 atom stereocenters. The van der Waals surface area contributed by atoms with Gasteiger partial charge in [0, 0.05) is 18.7 Å². The average Bonchev–Trinajstić information content (AvgIpc) is 3.43. The minimum atomic E-state index is -0.192. The summed E-state index contributed by atoms with van der Waals surface area (Å²) in [4.78, 5) is 15.3. The Morgan fingerprint density at radius 1 is 1.13 bits per heavy atom. The van der Waals surface area contributed by atoms with Gasteiger partial charge in [-0.25, -0.2) is 0 Å². The van der Waals surface area contributed by atoms with Gasteiger partial charge < -0.3 is 24.2 Å². The summed E-state index contributed by atoms with van der Waals surface area (Å²) < 4.78 is 16.6. The quantitative estimate of drug-likeness (QED) is 0.594. The van der Waals surface area contributed by atoms with Gasteiger partial charge in [0.25, 0.3) is 5.91 Å². The van der Waals surface area contributed by atoms with Gasteiger partial charge in [0.15, 0.2) is 11.5 Å². The number of methoxy groups -OCH3 is 1. The first-order valence-electron chi connectivity index (χ1n) is 10.4. The average molecular weight is 421 g/mol. The van der Waals surface area contributed by atoms with Crippen molar-refractivity contribution in [3.63, 3.8) is 0 Å². The lowest BCUT2D eigenvalue weighted by Gasteiger charge is -2.21. The van der Waals surface area contributed by atoms with Gasteiger partial charge in [-0.15, -0.1) is 0 Å². The zero-order valence-electron chi connectivity index (χ0n) is 18.1. The maximum absolute atomic E-state index is 12.9. The zero-order valence-corrected chi connectivity index (χ0v) is 18.1. The zero-order chi connectivity index (χ0) is 21.8. The molecule has 1 aliphatic heterocycles. The number of aryl methyl sites for hydroxylation is 2. The first-order valence-corrected chi connectivity index (χ1v) is 10.4. The second kappa shape index (κ2) is 9.12. The fourth-order valence-corrected chi connectivity index (χ4v) is 3.79. The van der Waals surface area contributed by atoms with E-state index in [2.05, 4.69) is 15.4 Å². The Labute approximate surface area is 181 Å². The molecule has 2 heterocycles. The summed E-state index contributed by atoms with van der Waals surface area (Å²) >= 11 is 0. The maximum Gasteiger partial charge on any atom is 0.255 e. The van der Waals surface area contributed by atoms with Crippen molar-refractivity contribution in [2.24, 2.45) is 0 Å². The molecule has 0 radical (unpaired) electrons. The Hall–Kier alpha value is -3.48. The van der Waals surface area contributed by atoms with E-state index in [-0.39, 0.29) is 5.91 Å². The van der Waals surface area contributed by atoms with E-state index in [1.165, 1.54) is 12.8 Å². The predicted molar refractivity (Wildman–Crippen MR) is 119 cm³/mol.